The zero-order valence-electron chi connectivity index (χ0n) is 15.3. The van der Waals surface area contributed by atoms with Gasteiger partial charge in [-0.1, -0.05) is 11.6 Å². The summed E-state index contributed by atoms with van der Waals surface area (Å²) in [5, 5.41) is 0. The van der Waals surface area contributed by atoms with Gasteiger partial charge in [-0.05, 0) is 56.8 Å². The van der Waals surface area contributed by atoms with E-state index in [1.807, 2.05) is 6.07 Å². The number of halogens is 1. The molecule has 2 fully saturated rings. The van der Waals surface area contributed by atoms with E-state index in [1.54, 1.807) is 18.4 Å². The highest BCUT2D eigenvalue weighted by molar-refractivity contribution is 7.16. The molecule has 142 valence electrons. The van der Waals surface area contributed by atoms with Crippen molar-refractivity contribution in [2.75, 3.05) is 53.0 Å². The zero-order valence-corrected chi connectivity index (χ0v) is 16.9. The van der Waals surface area contributed by atoms with Crippen molar-refractivity contribution >= 4 is 22.9 Å². The fourth-order valence-corrected chi connectivity index (χ4v) is 5.05. The van der Waals surface area contributed by atoms with Crippen LogP contribution < -0.4 is 0 Å². The van der Waals surface area contributed by atoms with E-state index in [0.717, 1.165) is 43.1 Å². The molecule has 25 heavy (non-hydrogen) atoms. The number of likely N-dealkylation sites (tertiary alicyclic amines) is 1. The van der Waals surface area contributed by atoms with Gasteiger partial charge in [0.25, 0.3) is 0 Å². The molecule has 0 saturated carbocycles. The fourth-order valence-electron chi connectivity index (χ4n) is 3.92. The van der Waals surface area contributed by atoms with E-state index < -0.39 is 0 Å². The molecule has 3 rings (SSSR count). The van der Waals surface area contributed by atoms with Gasteiger partial charge < -0.3 is 14.4 Å². The molecule has 0 aliphatic carbocycles. The van der Waals surface area contributed by atoms with Crippen molar-refractivity contribution < 1.29 is 9.47 Å². The molecule has 0 unspecified atom stereocenters. The Labute approximate surface area is 161 Å². The smallest absolute Gasteiger partial charge is 0.0931 e. The van der Waals surface area contributed by atoms with E-state index in [9.17, 15) is 0 Å². The first-order valence-electron chi connectivity index (χ1n) is 9.52. The van der Waals surface area contributed by atoms with Crippen molar-refractivity contribution in [2.45, 2.75) is 38.3 Å². The Hall–Kier alpha value is -0.170. The van der Waals surface area contributed by atoms with Crippen LogP contribution in [0.15, 0.2) is 12.1 Å². The van der Waals surface area contributed by atoms with Crippen molar-refractivity contribution in [1.82, 2.24) is 9.80 Å². The molecule has 1 aromatic heterocycles. The summed E-state index contributed by atoms with van der Waals surface area (Å²) in [5.41, 5.74) is 0. The Morgan fingerprint density at radius 2 is 2.12 bits per heavy atom. The van der Waals surface area contributed by atoms with Gasteiger partial charge in [-0.25, -0.2) is 0 Å². The molecule has 1 atom stereocenters. The van der Waals surface area contributed by atoms with Crippen LogP contribution in [0.3, 0.4) is 0 Å². The fraction of sp³-hybridized carbons (Fsp3) is 0.789. The maximum atomic E-state index is 6.12. The zero-order chi connectivity index (χ0) is 17.5. The quantitative estimate of drug-likeness (QED) is 0.645. The van der Waals surface area contributed by atoms with Gasteiger partial charge in [0.15, 0.2) is 0 Å². The minimum Gasteiger partial charge on any atom is -0.383 e. The van der Waals surface area contributed by atoms with Crippen molar-refractivity contribution in [3.63, 3.8) is 0 Å². The lowest BCUT2D eigenvalue weighted by molar-refractivity contribution is 0.0555. The van der Waals surface area contributed by atoms with Gasteiger partial charge in [0.2, 0.25) is 0 Å². The van der Waals surface area contributed by atoms with Crippen LogP contribution in [0, 0.1) is 5.92 Å². The van der Waals surface area contributed by atoms with Crippen LogP contribution in [0.2, 0.25) is 4.34 Å². The van der Waals surface area contributed by atoms with Gasteiger partial charge in [-0.15, -0.1) is 11.3 Å². The number of thiophene rings is 1. The molecule has 4 nitrogen and oxygen atoms in total. The third kappa shape index (κ3) is 6.49. The number of hydrogen-bond acceptors (Lipinski definition) is 5. The molecule has 0 N–H and O–H groups in total. The Bertz CT molecular complexity index is 499. The van der Waals surface area contributed by atoms with Gasteiger partial charge in [0.05, 0.1) is 17.0 Å². The van der Waals surface area contributed by atoms with Crippen LogP contribution in [0.5, 0.6) is 0 Å². The van der Waals surface area contributed by atoms with Gasteiger partial charge >= 0.3 is 0 Å². The molecule has 3 heterocycles. The van der Waals surface area contributed by atoms with Crippen molar-refractivity contribution in [3.05, 3.63) is 21.3 Å². The van der Waals surface area contributed by atoms with Crippen LogP contribution in [-0.2, 0) is 16.0 Å². The van der Waals surface area contributed by atoms with Crippen molar-refractivity contribution in [2.24, 2.45) is 5.92 Å². The number of nitrogens with zero attached hydrogens (tertiary/aromatic N) is 2. The molecule has 0 spiro atoms. The van der Waals surface area contributed by atoms with Gasteiger partial charge in [0.1, 0.15) is 0 Å². The molecular formula is C19H31ClN2O2S. The maximum absolute atomic E-state index is 6.12. The molecule has 1 aromatic rings. The van der Waals surface area contributed by atoms with E-state index in [0.29, 0.717) is 6.10 Å². The summed E-state index contributed by atoms with van der Waals surface area (Å²) < 4.78 is 12.0. The highest BCUT2D eigenvalue weighted by atomic mass is 35.5. The lowest BCUT2D eigenvalue weighted by atomic mass is 9.96. The summed E-state index contributed by atoms with van der Waals surface area (Å²) in [5.74, 6) is 0.788. The number of rotatable bonds is 9. The van der Waals surface area contributed by atoms with E-state index in [4.69, 9.17) is 21.1 Å². The van der Waals surface area contributed by atoms with Crippen molar-refractivity contribution in [3.8, 4) is 0 Å². The summed E-state index contributed by atoms with van der Waals surface area (Å²) in [6.07, 6.45) is 5.41. The minimum absolute atomic E-state index is 0.414. The Balaban J connectivity index is 1.50. The van der Waals surface area contributed by atoms with Crippen molar-refractivity contribution in [1.29, 1.82) is 0 Å². The molecule has 6 heteroatoms. The SMILES string of the molecule is COCCN1CCC(CN(Cc2ccc(Cl)s2)C[C@H]2CCCO2)CC1. The first-order valence-corrected chi connectivity index (χ1v) is 10.7. The first kappa shape index (κ1) is 19.6. The lowest BCUT2D eigenvalue weighted by Gasteiger charge is -2.35. The van der Waals surface area contributed by atoms with Crippen LogP contribution in [-0.4, -0.2) is 69.0 Å². The summed E-state index contributed by atoms with van der Waals surface area (Å²) in [6, 6.07) is 4.18. The predicted octanol–water partition coefficient (Wildman–Crippen LogP) is 3.74. The average Bonchev–Trinajstić information content (AvgIpc) is 3.26. The second-order valence-corrected chi connectivity index (χ2v) is 9.11. The topological polar surface area (TPSA) is 24.9 Å². The molecular weight excluding hydrogens is 356 g/mol. The summed E-state index contributed by atoms with van der Waals surface area (Å²) in [4.78, 5) is 6.50. The summed E-state index contributed by atoms with van der Waals surface area (Å²) >= 11 is 7.83. The second-order valence-electron chi connectivity index (χ2n) is 7.31. The Morgan fingerprint density at radius 1 is 1.28 bits per heavy atom. The third-order valence-electron chi connectivity index (χ3n) is 5.33. The van der Waals surface area contributed by atoms with E-state index >= 15 is 0 Å². The van der Waals surface area contributed by atoms with Crippen LogP contribution in [0.25, 0.3) is 0 Å². The second kappa shape index (κ2) is 10.2. The van der Waals surface area contributed by atoms with Gasteiger partial charge in [0, 0.05) is 44.8 Å². The van der Waals surface area contributed by atoms with Crippen LogP contribution >= 0.6 is 22.9 Å². The third-order valence-corrected chi connectivity index (χ3v) is 6.55. The predicted molar refractivity (Wildman–Crippen MR) is 105 cm³/mol. The summed E-state index contributed by atoms with van der Waals surface area (Å²) in [7, 11) is 1.78. The standard InChI is InChI=1S/C19H31ClN2O2S/c1-23-12-10-21-8-6-16(7-9-21)13-22(14-17-3-2-11-24-17)15-18-4-5-19(20)25-18/h4-5,16-17H,2-3,6-15H2,1H3/t17-/m1/s1. The Morgan fingerprint density at radius 3 is 2.76 bits per heavy atom. The highest BCUT2D eigenvalue weighted by Crippen LogP contribution is 2.26. The molecule has 2 saturated heterocycles. The molecule has 0 bridgehead atoms. The number of piperidine rings is 1. The number of hydrogen-bond donors (Lipinski definition) is 0. The summed E-state index contributed by atoms with van der Waals surface area (Å²) in [6.45, 7) is 8.47. The Kier molecular flexibility index (Phi) is 8.02. The van der Waals surface area contributed by atoms with Gasteiger partial charge in [-0.3, -0.25) is 4.90 Å². The number of ether oxygens (including phenoxy) is 2. The monoisotopic (exact) mass is 386 g/mol. The molecule has 2 aliphatic rings. The van der Waals surface area contributed by atoms with Gasteiger partial charge in [-0.2, -0.15) is 0 Å². The average molecular weight is 387 g/mol. The number of methoxy groups -OCH3 is 1. The van der Waals surface area contributed by atoms with Crippen LogP contribution in [0.1, 0.15) is 30.6 Å². The molecule has 0 amide bonds. The normalized spacial score (nSPS) is 22.9. The molecule has 2 aliphatic heterocycles. The van der Waals surface area contributed by atoms with E-state index in [2.05, 4.69) is 15.9 Å². The highest BCUT2D eigenvalue weighted by Gasteiger charge is 2.25. The first-order chi connectivity index (χ1) is 12.2. The minimum atomic E-state index is 0.414. The lowest BCUT2D eigenvalue weighted by Crippen LogP contribution is -2.41. The molecule has 0 aromatic carbocycles. The van der Waals surface area contributed by atoms with E-state index in [-0.39, 0.29) is 0 Å². The largest absolute Gasteiger partial charge is 0.383 e. The maximum Gasteiger partial charge on any atom is 0.0931 e. The van der Waals surface area contributed by atoms with E-state index in [1.165, 1.54) is 50.2 Å². The van der Waals surface area contributed by atoms with Crippen LogP contribution in [0.4, 0.5) is 0 Å². The molecule has 0 radical (unpaired) electrons.